The third-order valence-electron chi connectivity index (χ3n) is 2.04. The van der Waals surface area contributed by atoms with E-state index in [9.17, 15) is 8.42 Å². The van der Waals surface area contributed by atoms with E-state index in [0.29, 0.717) is 13.1 Å². The van der Waals surface area contributed by atoms with Crippen molar-refractivity contribution in [3.05, 3.63) is 12.2 Å². The molecule has 0 bridgehead atoms. The molecule has 1 aliphatic heterocycles. The summed E-state index contributed by atoms with van der Waals surface area (Å²) in [5, 5.41) is 0. The molecule has 0 unspecified atom stereocenters. The second-order valence-corrected chi connectivity index (χ2v) is 6.32. The minimum Gasteiger partial charge on any atom is -0.211 e. The molecule has 1 heterocycles. The molecule has 0 fully saturated rings. The molecule has 0 saturated carbocycles. The lowest BCUT2D eigenvalue weighted by Crippen LogP contribution is -2.33. The van der Waals surface area contributed by atoms with Gasteiger partial charge in [-0.2, -0.15) is 4.31 Å². The van der Waals surface area contributed by atoms with E-state index in [1.54, 1.807) is 0 Å². The standard InChI is InChI=1S/C8H14BrNO2S/c9-8-13(11,12)10-6-4-2-1-3-5-7-10/h2,4H,1,3,5-8H2/b4-2-. The van der Waals surface area contributed by atoms with Gasteiger partial charge < -0.3 is 0 Å². The first-order valence-corrected chi connectivity index (χ1v) is 7.08. The Hall–Kier alpha value is 0.130. The van der Waals surface area contributed by atoms with Crippen LogP contribution in [-0.2, 0) is 10.0 Å². The Kier molecular flexibility index (Phi) is 4.41. The molecule has 3 nitrogen and oxygen atoms in total. The zero-order valence-corrected chi connectivity index (χ0v) is 9.85. The Morgan fingerprint density at radius 2 is 2.08 bits per heavy atom. The van der Waals surface area contributed by atoms with E-state index in [1.165, 1.54) is 4.31 Å². The lowest BCUT2D eigenvalue weighted by molar-refractivity contribution is 0.428. The Balaban J connectivity index is 2.67. The molecule has 0 aliphatic carbocycles. The van der Waals surface area contributed by atoms with Crippen LogP contribution in [0.2, 0.25) is 0 Å². The highest BCUT2D eigenvalue weighted by atomic mass is 79.9. The fourth-order valence-corrected chi connectivity index (χ4v) is 3.00. The molecular formula is C8H14BrNO2S. The van der Waals surface area contributed by atoms with Crippen LogP contribution < -0.4 is 0 Å². The van der Waals surface area contributed by atoms with Gasteiger partial charge in [-0.25, -0.2) is 8.42 Å². The maximum absolute atomic E-state index is 11.5. The maximum atomic E-state index is 11.5. The van der Waals surface area contributed by atoms with Gasteiger partial charge in [0.25, 0.3) is 0 Å². The molecular weight excluding hydrogens is 254 g/mol. The Morgan fingerprint density at radius 3 is 2.77 bits per heavy atom. The summed E-state index contributed by atoms with van der Waals surface area (Å²) in [6, 6.07) is 0. The maximum Gasteiger partial charge on any atom is 0.224 e. The number of hydrogen-bond donors (Lipinski definition) is 0. The molecule has 13 heavy (non-hydrogen) atoms. The molecule has 0 spiro atoms. The van der Waals surface area contributed by atoms with Crippen molar-refractivity contribution < 1.29 is 8.42 Å². The second kappa shape index (κ2) is 5.12. The van der Waals surface area contributed by atoms with Gasteiger partial charge in [0.05, 0.1) is 0 Å². The van der Waals surface area contributed by atoms with Crippen molar-refractivity contribution in [1.82, 2.24) is 4.31 Å². The summed E-state index contributed by atoms with van der Waals surface area (Å²) >= 11 is 3.00. The topological polar surface area (TPSA) is 37.4 Å². The molecule has 0 amide bonds. The first-order valence-electron chi connectivity index (χ1n) is 4.35. The van der Waals surface area contributed by atoms with Gasteiger partial charge in [0.2, 0.25) is 10.0 Å². The number of alkyl halides is 1. The van der Waals surface area contributed by atoms with Gasteiger partial charge in [-0.1, -0.05) is 28.1 Å². The van der Waals surface area contributed by atoms with Gasteiger partial charge in [0.15, 0.2) is 0 Å². The van der Waals surface area contributed by atoms with Crippen LogP contribution in [0, 0.1) is 0 Å². The number of nitrogens with zero attached hydrogens (tertiary/aromatic N) is 1. The van der Waals surface area contributed by atoms with Crippen LogP contribution in [0.5, 0.6) is 0 Å². The van der Waals surface area contributed by atoms with Gasteiger partial charge in [-0.15, -0.1) is 0 Å². The molecule has 0 aromatic heterocycles. The van der Waals surface area contributed by atoms with Gasteiger partial charge in [-0.05, 0) is 19.3 Å². The Bertz CT molecular complexity index is 274. The van der Waals surface area contributed by atoms with E-state index in [0.717, 1.165) is 19.3 Å². The monoisotopic (exact) mass is 267 g/mol. The summed E-state index contributed by atoms with van der Waals surface area (Å²) in [5.74, 6) is 0. The third-order valence-corrected chi connectivity index (χ3v) is 5.17. The van der Waals surface area contributed by atoms with Crippen molar-refractivity contribution in [3.8, 4) is 0 Å². The minimum absolute atomic E-state index is 0.0217. The number of rotatable bonds is 2. The fraction of sp³-hybridized carbons (Fsp3) is 0.750. The van der Waals surface area contributed by atoms with E-state index >= 15 is 0 Å². The number of allylic oxidation sites excluding steroid dienone is 1. The molecule has 0 saturated heterocycles. The van der Waals surface area contributed by atoms with Crippen molar-refractivity contribution >= 4 is 26.0 Å². The summed E-state index contributed by atoms with van der Waals surface area (Å²) in [6.45, 7) is 1.17. The smallest absolute Gasteiger partial charge is 0.211 e. The van der Waals surface area contributed by atoms with E-state index in [-0.39, 0.29) is 4.66 Å². The molecule has 0 N–H and O–H groups in total. The summed E-state index contributed by atoms with van der Waals surface area (Å²) in [6.07, 6.45) is 7.08. The van der Waals surface area contributed by atoms with E-state index in [4.69, 9.17) is 0 Å². The molecule has 76 valence electrons. The average molecular weight is 268 g/mol. The van der Waals surface area contributed by atoms with Gasteiger partial charge in [0, 0.05) is 13.1 Å². The average Bonchev–Trinajstić information content (AvgIpc) is 2.03. The molecule has 5 heteroatoms. The largest absolute Gasteiger partial charge is 0.224 e. The summed E-state index contributed by atoms with van der Waals surface area (Å²) < 4.78 is 24.5. The predicted octanol–water partition coefficient (Wildman–Crippen LogP) is 1.71. The quantitative estimate of drug-likeness (QED) is 0.564. The van der Waals surface area contributed by atoms with Crippen molar-refractivity contribution in [2.45, 2.75) is 19.3 Å². The molecule has 0 aromatic rings. The van der Waals surface area contributed by atoms with Crippen LogP contribution in [0.4, 0.5) is 0 Å². The SMILES string of the molecule is O=S(=O)(CBr)N1C/C=C\CCCC1. The van der Waals surface area contributed by atoms with E-state index < -0.39 is 10.0 Å². The van der Waals surface area contributed by atoms with Crippen LogP contribution in [-0.4, -0.2) is 30.5 Å². The molecule has 0 atom stereocenters. The zero-order valence-electron chi connectivity index (χ0n) is 7.45. The van der Waals surface area contributed by atoms with E-state index in [2.05, 4.69) is 22.0 Å². The Morgan fingerprint density at radius 1 is 1.31 bits per heavy atom. The van der Waals surface area contributed by atoms with Crippen molar-refractivity contribution in [2.24, 2.45) is 0 Å². The fourth-order valence-electron chi connectivity index (χ4n) is 1.27. The van der Waals surface area contributed by atoms with Crippen LogP contribution in [0.3, 0.4) is 0 Å². The second-order valence-electron chi connectivity index (χ2n) is 3.05. The normalized spacial score (nSPS) is 23.5. The lowest BCUT2D eigenvalue weighted by Gasteiger charge is -2.20. The number of hydrogen-bond acceptors (Lipinski definition) is 2. The van der Waals surface area contributed by atoms with Gasteiger partial charge in [-0.3, -0.25) is 0 Å². The summed E-state index contributed by atoms with van der Waals surface area (Å²) in [5.41, 5.74) is 0. The van der Waals surface area contributed by atoms with Crippen LogP contribution in [0.25, 0.3) is 0 Å². The van der Waals surface area contributed by atoms with Crippen LogP contribution >= 0.6 is 15.9 Å². The zero-order chi connectivity index (χ0) is 9.73. The van der Waals surface area contributed by atoms with Crippen molar-refractivity contribution in [3.63, 3.8) is 0 Å². The number of sulfonamides is 1. The van der Waals surface area contributed by atoms with Crippen molar-refractivity contribution in [1.29, 1.82) is 0 Å². The highest BCUT2D eigenvalue weighted by Gasteiger charge is 2.19. The first kappa shape index (κ1) is 11.2. The highest BCUT2D eigenvalue weighted by molar-refractivity contribution is 9.10. The Labute approximate surface area is 88.0 Å². The first-order chi connectivity index (χ1) is 6.17. The number of halogens is 1. The molecule has 1 aliphatic rings. The minimum atomic E-state index is -3.06. The van der Waals surface area contributed by atoms with Crippen LogP contribution in [0.1, 0.15) is 19.3 Å². The van der Waals surface area contributed by atoms with Crippen LogP contribution in [0.15, 0.2) is 12.2 Å². The molecule has 0 aromatic carbocycles. The lowest BCUT2D eigenvalue weighted by atomic mass is 10.2. The van der Waals surface area contributed by atoms with Crippen molar-refractivity contribution in [2.75, 3.05) is 17.8 Å². The van der Waals surface area contributed by atoms with E-state index in [1.807, 2.05) is 6.08 Å². The third kappa shape index (κ3) is 3.40. The summed E-state index contributed by atoms with van der Waals surface area (Å²) in [4.78, 5) is 0. The summed E-state index contributed by atoms with van der Waals surface area (Å²) in [7, 11) is -3.06. The van der Waals surface area contributed by atoms with Gasteiger partial charge in [0.1, 0.15) is 4.66 Å². The van der Waals surface area contributed by atoms with Gasteiger partial charge >= 0.3 is 0 Å². The molecule has 1 rings (SSSR count). The predicted molar refractivity (Wildman–Crippen MR) is 57.3 cm³/mol. The highest BCUT2D eigenvalue weighted by Crippen LogP contribution is 2.10. The molecule has 0 radical (unpaired) electrons.